The quantitative estimate of drug-likeness (QED) is 0.678. The molecule has 4 heterocycles. The molecule has 1 aromatic heterocycles. The van der Waals surface area contributed by atoms with Gasteiger partial charge in [0, 0.05) is 32.8 Å². The number of benzene rings is 2. The van der Waals surface area contributed by atoms with E-state index in [9.17, 15) is 11.0 Å². The maximum Gasteiger partial charge on any atom is 0.245 e. The van der Waals surface area contributed by atoms with Crippen molar-refractivity contribution >= 4 is 22.7 Å². The molecule has 1 fully saturated rings. The van der Waals surface area contributed by atoms with Gasteiger partial charge in [0.05, 0.1) is 26.2 Å². The number of carbonyl (C=O) groups excluding carboxylic acids is 2. The Labute approximate surface area is 183 Å². The Morgan fingerprint density at radius 1 is 1.21 bits per heavy atom. The first-order valence-corrected chi connectivity index (χ1v) is 8.57. The Morgan fingerprint density at radius 3 is 2.93 bits per heavy atom. The van der Waals surface area contributed by atoms with Gasteiger partial charge in [-0.15, -0.1) is 0 Å². The molecule has 3 aliphatic heterocycles. The maximum absolute atomic E-state index is 13.8. The van der Waals surface area contributed by atoms with Crippen LogP contribution in [-0.2, 0) is 16.0 Å². The number of nitrogens with one attached hydrogen (secondary N) is 1. The number of hydrogen-bond acceptors (Lipinski definition) is 4. The Bertz CT molecular complexity index is 1760. The predicted octanol–water partition coefficient (Wildman–Crippen LogP) is 2.21. The molecular weight excluding hydrogens is 370 g/mol. The van der Waals surface area contributed by atoms with Crippen LogP contribution in [0, 0.1) is 0 Å². The average molecular weight is 401 g/mol. The minimum absolute atomic E-state index is 0.288. The summed E-state index contributed by atoms with van der Waals surface area (Å²) >= 11 is 0. The minimum Gasteiger partial charge on any atom is -0.454 e. The number of aromatic amines is 1. The van der Waals surface area contributed by atoms with Gasteiger partial charge in [0.25, 0.3) is 0 Å². The van der Waals surface area contributed by atoms with E-state index in [-0.39, 0.29) is 21.9 Å². The lowest BCUT2D eigenvalue weighted by Crippen LogP contribution is -2.62. The Balaban J connectivity index is 1.86. The molecule has 146 valence electrons. The summed E-state index contributed by atoms with van der Waals surface area (Å²) in [6, 6.07) is -10.3. The molecule has 0 aliphatic carbocycles. The van der Waals surface area contributed by atoms with Gasteiger partial charge in [0.15, 0.2) is 11.5 Å². The van der Waals surface area contributed by atoms with Gasteiger partial charge in [-0.05, 0) is 29.3 Å². The summed E-state index contributed by atoms with van der Waals surface area (Å²) in [5.41, 5.74) is -2.36. The fraction of sp³-hybridized carbons (Fsp3) is 0.273. The molecule has 3 aliphatic rings. The first-order valence-electron chi connectivity index (χ1n) is 14.6. The number of likely N-dealkylation sites (N-methyl/N-ethyl adjacent to an activating group) is 1. The standard InChI is InChI=1S/C22H19N3O4/c1-24-10-19(26)25-16(22(24)27)9-14-13-4-2-3-5-15(13)23-20(14)21(25)12-6-7-17-18(8-12)29-11-28-17/h2-8,16,21,23H,9-11H2,1H3/t16-,21-/m1/s1/i2D,3D,4D,5D,6D,7D,8D,9D2,10D2,21D. The second-order valence-electron chi connectivity index (χ2n) is 6.52. The third-order valence-corrected chi connectivity index (χ3v) is 4.89. The van der Waals surface area contributed by atoms with Crippen molar-refractivity contribution in [2.24, 2.45) is 0 Å². The van der Waals surface area contributed by atoms with Crippen molar-refractivity contribution in [2.75, 3.05) is 20.3 Å². The number of amides is 2. The van der Waals surface area contributed by atoms with E-state index in [1.165, 1.54) is 0 Å². The molecule has 0 unspecified atom stereocenters. The van der Waals surface area contributed by atoms with Crippen molar-refractivity contribution in [3.05, 3.63) is 59.1 Å². The van der Waals surface area contributed by atoms with Crippen LogP contribution >= 0.6 is 0 Å². The van der Waals surface area contributed by atoms with Crippen molar-refractivity contribution in [3.63, 3.8) is 0 Å². The van der Waals surface area contributed by atoms with Gasteiger partial charge >= 0.3 is 0 Å². The van der Waals surface area contributed by atoms with E-state index in [4.69, 9.17) is 24.6 Å². The van der Waals surface area contributed by atoms with Crippen LogP contribution in [-0.4, -0.2) is 53.0 Å². The van der Waals surface area contributed by atoms with Crippen molar-refractivity contribution in [1.82, 2.24) is 14.8 Å². The van der Waals surface area contributed by atoms with Crippen molar-refractivity contribution in [1.29, 1.82) is 0 Å². The van der Waals surface area contributed by atoms with Crippen molar-refractivity contribution in [3.8, 4) is 11.5 Å². The summed E-state index contributed by atoms with van der Waals surface area (Å²) in [6.07, 6.45) is -2.97. The molecule has 7 nitrogen and oxygen atoms in total. The smallest absolute Gasteiger partial charge is 0.245 e. The summed E-state index contributed by atoms with van der Waals surface area (Å²) in [5.74, 6) is -3.49. The highest BCUT2D eigenvalue weighted by Crippen LogP contribution is 2.44. The fourth-order valence-electron chi connectivity index (χ4n) is 3.60. The summed E-state index contributed by atoms with van der Waals surface area (Å²) in [7, 11) is 0.935. The van der Waals surface area contributed by atoms with Crippen LogP contribution in [0.4, 0.5) is 0 Å². The maximum atomic E-state index is 13.8. The Morgan fingerprint density at radius 2 is 2.03 bits per heavy atom. The van der Waals surface area contributed by atoms with E-state index in [0.29, 0.717) is 4.90 Å². The third kappa shape index (κ3) is 2.24. The molecule has 2 aromatic carbocycles. The molecule has 0 spiro atoms. The molecule has 1 N–H and O–H groups in total. The topological polar surface area (TPSA) is 74.9 Å². The SMILES string of the molecule is [2H]c1c([2H])c([C@]2([2H])c3[nH]c4c([2H])c([2H])c([2H])c([2H])c4c3C([2H])([2H])[C@@H]3C(=O)N(C)C([2H])([2H])C(=O)N32)c([2H])c2c1OCO2. The van der Waals surface area contributed by atoms with Gasteiger partial charge in [-0.25, -0.2) is 0 Å². The van der Waals surface area contributed by atoms with E-state index < -0.39 is 108 Å². The van der Waals surface area contributed by atoms with Gasteiger partial charge in [0.2, 0.25) is 18.6 Å². The molecule has 3 aromatic rings. The van der Waals surface area contributed by atoms with Gasteiger partial charge < -0.3 is 24.3 Å². The second kappa shape index (κ2) is 5.76. The number of ether oxygens (including phenoxy) is 2. The van der Waals surface area contributed by atoms with Gasteiger partial charge in [-0.3, -0.25) is 9.59 Å². The molecule has 2 amide bonds. The van der Waals surface area contributed by atoms with Crippen LogP contribution < -0.4 is 9.47 Å². The number of para-hydroxylation sites is 1. The van der Waals surface area contributed by atoms with Gasteiger partial charge in [-0.2, -0.15) is 0 Å². The first-order chi connectivity index (χ1) is 18.9. The summed E-state index contributed by atoms with van der Waals surface area (Å²) in [6.45, 7) is -3.53. The number of fused-ring (bicyclic) bond motifs is 5. The summed E-state index contributed by atoms with van der Waals surface area (Å²) < 4.78 is 114. The molecule has 6 rings (SSSR count). The fourth-order valence-corrected chi connectivity index (χ4v) is 3.60. The zero-order chi connectivity index (χ0) is 30.3. The average Bonchev–Trinajstić information content (AvgIpc) is 3.57. The number of carbonyl (C=O) groups is 2. The normalized spacial score (nSPS) is 34.7. The molecule has 2 atom stereocenters. The molecule has 0 saturated carbocycles. The second-order valence-corrected chi connectivity index (χ2v) is 6.52. The molecule has 0 radical (unpaired) electrons. The van der Waals surface area contributed by atoms with E-state index >= 15 is 0 Å². The monoisotopic (exact) mass is 401 g/mol. The van der Waals surface area contributed by atoms with Crippen molar-refractivity contribution in [2.45, 2.75) is 18.4 Å². The number of hydrogen-bond donors (Lipinski definition) is 1. The summed E-state index contributed by atoms with van der Waals surface area (Å²) in [5, 5.41) is -0.423. The number of piperazine rings is 1. The Hall–Kier alpha value is -3.48. The molecule has 7 heteroatoms. The van der Waals surface area contributed by atoms with E-state index in [1.807, 2.05) is 0 Å². The molecular formula is C22H19N3O4. The number of aromatic nitrogens is 1. The highest BCUT2D eigenvalue weighted by molar-refractivity contribution is 5.97. The van der Waals surface area contributed by atoms with E-state index in [2.05, 4.69) is 4.98 Å². The number of H-pyrrole nitrogens is 1. The predicted molar refractivity (Wildman–Crippen MR) is 105 cm³/mol. The van der Waals surface area contributed by atoms with E-state index in [1.54, 1.807) is 0 Å². The Kier molecular flexibility index (Phi) is 1.69. The lowest BCUT2D eigenvalue weighted by Gasteiger charge is -2.46. The zero-order valence-electron chi connectivity index (χ0n) is 26.8. The highest BCUT2D eigenvalue weighted by atomic mass is 16.7. The lowest BCUT2D eigenvalue weighted by atomic mass is 9.86. The van der Waals surface area contributed by atoms with Crippen LogP contribution in [0.1, 0.15) is 39.3 Å². The molecule has 0 bridgehead atoms. The number of nitrogens with zero attached hydrogens (tertiary/aromatic N) is 2. The van der Waals surface area contributed by atoms with E-state index in [0.717, 1.165) is 7.05 Å². The zero-order valence-corrected chi connectivity index (χ0v) is 14.8. The minimum atomic E-state index is -3.10. The first kappa shape index (κ1) is 8.49. The molecule has 1 saturated heterocycles. The van der Waals surface area contributed by atoms with Crippen LogP contribution in [0.3, 0.4) is 0 Å². The summed E-state index contributed by atoms with van der Waals surface area (Å²) in [4.78, 5) is 30.7. The van der Waals surface area contributed by atoms with Crippen LogP contribution in [0.2, 0.25) is 0 Å². The third-order valence-electron chi connectivity index (χ3n) is 4.89. The van der Waals surface area contributed by atoms with Gasteiger partial charge in [-0.1, -0.05) is 24.2 Å². The largest absolute Gasteiger partial charge is 0.454 e. The number of rotatable bonds is 1. The van der Waals surface area contributed by atoms with Crippen molar-refractivity contribution < 1.29 is 35.5 Å². The van der Waals surface area contributed by atoms with Crippen LogP contribution in [0.25, 0.3) is 10.9 Å². The molecule has 29 heavy (non-hydrogen) atoms. The lowest BCUT2D eigenvalue weighted by molar-refractivity contribution is -0.157. The van der Waals surface area contributed by atoms with Crippen LogP contribution in [0.15, 0.2) is 42.3 Å². The van der Waals surface area contributed by atoms with Gasteiger partial charge in [0.1, 0.15) is 6.04 Å². The highest BCUT2D eigenvalue weighted by Gasteiger charge is 2.47. The van der Waals surface area contributed by atoms with Crippen LogP contribution in [0.5, 0.6) is 11.5 Å².